The second-order valence-electron chi connectivity index (χ2n) is 14.7. The van der Waals surface area contributed by atoms with Gasteiger partial charge in [-0.2, -0.15) is 0 Å². The second-order valence-corrected chi connectivity index (χ2v) is 14.7. The van der Waals surface area contributed by atoms with Crippen LogP contribution >= 0.6 is 0 Å². The van der Waals surface area contributed by atoms with Gasteiger partial charge in [-0.1, -0.05) is 50.3 Å². The number of amides is 4. The van der Waals surface area contributed by atoms with E-state index in [1.165, 1.54) is 11.0 Å². The van der Waals surface area contributed by atoms with E-state index in [4.69, 9.17) is 4.74 Å². The molecular weight excluding hydrogens is 610 g/mol. The van der Waals surface area contributed by atoms with Gasteiger partial charge in [0.25, 0.3) is 5.91 Å². The van der Waals surface area contributed by atoms with E-state index < -0.39 is 78.0 Å². The largest absolute Gasteiger partial charge is 0.444 e. The normalized spacial score (nSPS) is 24.2. The number of Topliss-reactive ketones (excluding diaryl/α,β-unsaturated/α-hetero) is 1. The zero-order valence-electron chi connectivity index (χ0n) is 27.9. The van der Waals surface area contributed by atoms with E-state index in [0.717, 1.165) is 5.56 Å². The van der Waals surface area contributed by atoms with Crippen LogP contribution in [0.2, 0.25) is 0 Å². The predicted octanol–water partition coefficient (Wildman–Crippen LogP) is 4.18. The van der Waals surface area contributed by atoms with Gasteiger partial charge in [-0.25, -0.2) is 13.6 Å². The number of ether oxygens (including phenoxy) is 1. The molecule has 2 saturated carbocycles. The molecule has 47 heavy (non-hydrogen) atoms. The van der Waals surface area contributed by atoms with Crippen LogP contribution in [0.4, 0.5) is 13.6 Å². The first-order chi connectivity index (χ1) is 21.9. The number of halogens is 2. The minimum Gasteiger partial charge on any atom is -0.444 e. The number of hydrogen-bond donors (Lipinski definition) is 3. The Kier molecular flexibility index (Phi) is 10.8. The average Bonchev–Trinajstić information content (AvgIpc) is 3.31. The minimum atomic E-state index is -2.85. The number of ketones is 1. The number of fused-ring (bicyclic) bond motifs is 1. The average molecular weight is 659 g/mol. The molecule has 3 N–H and O–H groups in total. The molecule has 0 spiro atoms. The van der Waals surface area contributed by atoms with Crippen molar-refractivity contribution >= 4 is 29.6 Å². The van der Waals surface area contributed by atoms with Gasteiger partial charge in [0.1, 0.15) is 17.7 Å². The molecule has 12 heteroatoms. The fourth-order valence-electron chi connectivity index (χ4n) is 7.10. The lowest BCUT2D eigenvalue weighted by Crippen LogP contribution is -2.60. The zero-order chi connectivity index (χ0) is 34.7. The molecule has 10 nitrogen and oxygen atoms in total. The molecule has 1 aliphatic heterocycles. The van der Waals surface area contributed by atoms with Crippen molar-refractivity contribution in [2.75, 3.05) is 13.1 Å². The number of rotatable bonds is 12. The third kappa shape index (κ3) is 8.75. The molecule has 1 aromatic rings. The highest BCUT2D eigenvalue weighted by atomic mass is 19.3. The third-order valence-electron chi connectivity index (χ3n) is 9.76. The highest BCUT2D eigenvalue weighted by Crippen LogP contribution is 2.65. The van der Waals surface area contributed by atoms with Crippen LogP contribution in [-0.4, -0.2) is 77.2 Å². The van der Waals surface area contributed by atoms with Crippen LogP contribution in [-0.2, 0) is 30.3 Å². The Bertz CT molecular complexity index is 1350. The van der Waals surface area contributed by atoms with Crippen LogP contribution in [0.25, 0.3) is 0 Å². The van der Waals surface area contributed by atoms with Crippen LogP contribution in [0.3, 0.4) is 0 Å². The van der Waals surface area contributed by atoms with Crippen molar-refractivity contribution in [3.05, 3.63) is 48.6 Å². The first-order valence-corrected chi connectivity index (χ1v) is 16.4. The van der Waals surface area contributed by atoms with Gasteiger partial charge in [0.2, 0.25) is 23.5 Å². The lowest BCUT2D eigenvalue weighted by Gasteiger charge is -2.38. The van der Waals surface area contributed by atoms with Gasteiger partial charge in [0.05, 0.1) is 6.04 Å². The number of likely N-dealkylation sites (tertiary alicyclic amines) is 1. The summed E-state index contributed by atoms with van der Waals surface area (Å²) in [5.41, 5.74) is -0.218. The van der Waals surface area contributed by atoms with E-state index >= 15 is 0 Å². The summed E-state index contributed by atoms with van der Waals surface area (Å²) in [5.74, 6) is -6.49. The summed E-state index contributed by atoms with van der Waals surface area (Å²) in [7, 11) is 0. The van der Waals surface area contributed by atoms with Crippen molar-refractivity contribution in [3.63, 3.8) is 0 Å². The Hall–Kier alpha value is -3.83. The quantitative estimate of drug-likeness (QED) is 0.228. The maximum Gasteiger partial charge on any atom is 0.408 e. The number of aryl methyl sites for hydroxylation is 1. The molecule has 0 aromatic heterocycles. The van der Waals surface area contributed by atoms with Crippen LogP contribution in [0.5, 0.6) is 0 Å². The van der Waals surface area contributed by atoms with E-state index in [1.807, 2.05) is 44.2 Å². The van der Waals surface area contributed by atoms with Gasteiger partial charge < -0.3 is 25.6 Å². The number of nitrogens with one attached hydrogen (secondary N) is 3. The van der Waals surface area contributed by atoms with E-state index in [-0.39, 0.29) is 49.6 Å². The van der Waals surface area contributed by atoms with Gasteiger partial charge in [-0.3, -0.25) is 19.2 Å². The van der Waals surface area contributed by atoms with Crippen LogP contribution in [0.1, 0.15) is 72.3 Å². The summed E-state index contributed by atoms with van der Waals surface area (Å²) < 4.78 is 33.6. The number of benzene rings is 1. The summed E-state index contributed by atoms with van der Waals surface area (Å²) in [5, 5.41) is 7.91. The monoisotopic (exact) mass is 658 g/mol. The zero-order valence-corrected chi connectivity index (χ0v) is 27.9. The Balaban J connectivity index is 1.58. The second kappa shape index (κ2) is 14.1. The lowest BCUT2D eigenvalue weighted by atomic mass is 9.81. The Labute approximate surface area is 275 Å². The predicted molar refractivity (Wildman–Crippen MR) is 171 cm³/mol. The molecule has 3 fully saturated rings. The summed E-state index contributed by atoms with van der Waals surface area (Å²) in [6, 6.07) is 6.00. The molecule has 0 bridgehead atoms. The van der Waals surface area contributed by atoms with Gasteiger partial charge in [0, 0.05) is 25.9 Å². The van der Waals surface area contributed by atoms with Gasteiger partial charge >= 0.3 is 6.09 Å². The molecular formula is C35H48F2N4O6. The Morgan fingerprint density at radius 1 is 1.06 bits per heavy atom. The van der Waals surface area contributed by atoms with E-state index in [0.29, 0.717) is 6.42 Å². The first kappa shape index (κ1) is 36.0. The molecule has 1 heterocycles. The number of piperidine rings is 1. The number of carbonyl (C=O) groups excluding carboxylic acids is 5. The van der Waals surface area contributed by atoms with Crippen LogP contribution in [0.15, 0.2) is 43.0 Å². The number of nitrogens with zero attached hydrogens (tertiary/aromatic N) is 1. The number of carbonyl (C=O) groups is 5. The van der Waals surface area contributed by atoms with Crippen molar-refractivity contribution in [3.8, 4) is 0 Å². The Morgan fingerprint density at radius 3 is 2.30 bits per heavy atom. The molecule has 5 unspecified atom stereocenters. The highest BCUT2D eigenvalue weighted by molar-refractivity contribution is 6.38. The van der Waals surface area contributed by atoms with Crippen LogP contribution < -0.4 is 16.0 Å². The minimum absolute atomic E-state index is 0.0120. The van der Waals surface area contributed by atoms with E-state index in [2.05, 4.69) is 22.5 Å². The fourth-order valence-corrected chi connectivity index (χ4v) is 7.10. The SMILES string of the molecule is C=CCNC(=O)C(=O)C(CCc1ccccc1)NC(=O)C1C2C(CN1C(=O)C(NC(=O)OC(C)(C)C)C1CCC(F)(F)CC1)C2(C)C. The summed E-state index contributed by atoms with van der Waals surface area (Å²) in [6.07, 6.45) is 0.331. The standard InChI is InChI=1S/C35H48F2N4O6/c1-7-19-38-30(44)28(42)24(14-13-21-11-9-8-10-12-21)39-29(43)27-25-23(34(25,5)6)20-41(27)31(45)26(40-32(46)47-33(2,3)4)22-15-17-35(36,37)18-16-22/h7-12,22-27H,1,13-20H2,2-6H3,(H,38,44)(H,39,43)(H,40,46). The van der Waals surface area contributed by atoms with E-state index in [1.54, 1.807) is 20.8 Å². The van der Waals surface area contributed by atoms with E-state index in [9.17, 15) is 32.8 Å². The maximum atomic E-state index is 14.3. The smallest absolute Gasteiger partial charge is 0.408 e. The summed E-state index contributed by atoms with van der Waals surface area (Å²) in [4.78, 5) is 68.7. The molecule has 258 valence electrons. The first-order valence-electron chi connectivity index (χ1n) is 16.4. The number of alkyl carbamates (subject to hydrolysis) is 1. The number of alkyl halides is 2. The topological polar surface area (TPSA) is 134 Å². The molecule has 5 atom stereocenters. The number of hydrogen-bond acceptors (Lipinski definition) is 6. The maximum absolute atomic E-state index is 14.3. The molecule has 4 amide bonds. The van der Waals surface area contributed by atoms with Crippen molar-refractivity contribution in [1.29, 1.82) is 0 Å². The molecule has 2 aliphatic carbocycles. The molecule has 1 saturated heterocycles. The molecule has 4 rings (SSSR count). The van der Waals surface area contributed by atoms with Crippen molar-refractivity contribution in [1.82, 2.24) is 20.9 Å². The van der Waals surface area contributed by atoms with Crippen molar-refractivity contribution < 1.29 is 37.5 Å². The molecule has 1 aromatic carbocycles. The van der Waals surface area contributed by atoms with Crippen molar-refractivity contribution in [2.24, 2.45) is 23.2 Å². The lowest BCUT2D eigenvalue weighted by molar-refractivity contribution is -0.145. The van der Waals surface area contributed by atoms with Crippen molar-refractivity contribution in [2.45, 2.75) is 103 Å². The molecule has 3 aliphatic rings. The fraction of sp³-hybridized carbons (Fsp3) is 0.629. The summed E-state index contributed by atoms with van der Waals surface area (Å²) >= 11 is 0. The van der Waals surface area contributed by atoms with Gasteiger partial charge in [-0.15, -0.1) is 6.58 Å². The highest BCUT2D eigenvalue weighted by Gasteiger charge is 2.70. The third-order valence-corrected chi connectivity index (χ3v) is 9.76. The molecule has 0 radical (unpaired) electrons. The van der Waals surface area contributed by atoms with Gasteiger partial charge in [0.15, 0.2) is 0 Å². The Morgan fingerprint density at radius 2 is 1.70 bits per heavy atom. The summed E-state index contributed by atoms with van der Waals surface area (Å²) in [6.45, 7) is 12.9. The van der Waals surface area contributed by atoms with Crippen LogP contribution in [0, 0.1) is 23.2 Å². The van der Waals surface area contributed by atoms with Gasteiger partial charge in [-0.05, 0) is 75.2 Å².